The van der Waals surface area contributed by atoms with E-state index in [1.807, 2.05) is 42.9 Å². The van der Waals surface area contributed by atoms with Gasteiger partial charge in [0, 0.05) is 0 Å². The van der Waals surface area contributed by atoms with Crippen LogP contribution in [0.3, 0.4) is 0 Å². The van der Waals surface area contributed by atoms with Crippen LogP contribution < -0.4 is 0 Å². The molecule has 0 N–H and O–H groups in total. The van der Waals surface area contributed by atoms with Crippen molar-refractivity contribution in [3.05, 3.63) is 0 Å². The SMILES string of the molecule is C#CC#CB1N(C)[B]N(C)B(C#C)N1C. The molecular weight excluding hydrogens is 183 g/mol. The first-order chi connectivity index (χ1) is 7.11. The van der Waals surface area contributed by atoms with E-state index in [9.17, 15) is 0 Å². The summed E-state index contributed by atoms with van der Waals surface area (Å²) in [4.78, 5) is 0. The number of hydrogen-bond acceptors (Lipinski definition) is 3. The van der Waals surface area contributed by atoms with Gasteiger partial charge in [-0.1, -0.05) is 0 Å². The van der Waals surface area contributed by atoms with Crippen molar-refractivity contribution in [2.45, 2.75) is 0 Å². The van der Waals surface area contributed by atoms with Gasteiger partial charge < -0.3 is 14.2 Å². The lowest BCUT2D eigenvalue weighted by atomic mass is 9.51. The summed E-state index contributed by atoms with van der Waals surface area (Å²) in [6.45, 7) is -0.156. The highest BCUT2D eigenvalue weighted by Gasteiger charge is 2.40. The Morgan fingerprint density at radius 3 is 2.20 bits per heavy atom. The number of rotatable bonds is 0. The third kappa shape index (κ3) is 2.41. The molecule has 6 heteroatoms. The monoisotopic (exact) mass is 194 g/mol. The fraction of sp³-hybridized carbons (Fsp3) is 0.333. The van der Waals surface area contributed by atoms with E-state index < -0.39 is 0 Å². The highest BCUT2D eigenvalue weighted by molar-refractivity contribution is 6.86. The molecule has 0 bridgehead atoms. The first kappa shape index (κ1) is 11.8. The zero-order valence-electron chi connectivity index (χ0n) is 9.23. The van der Waals surface area contributed by atoms with Gasteiger partial charge in [-0.2, -0.15) is 0 Å². The summed E-state index contributed by atoms with van der Waals surface area (Å²) in [5, 5.41) is 0. The van der Waals surface area contributed by atoms with Gasteiger partial charge in [0.25, 0.3) is 7.55 Å². The van der Waals surface area contributed by atoms with Crippen LogP contribution in [0.1, 0.15) is 0 Å². The summed E-state index contributed by atoms with van der Waals surface area (Å²) in [7, 11) is 7.73. The Bertz CT molecular complexity index is 373. The molecule has 0 unspecified atom stereocenters. The smallest absolute Gasteiger partial charge is 0.352 e. The first-order valence-corrected chi connectivity index (χ1v) is 4.55. The molecule has 0 aliphatic carbocycles. The molecule has 1 fully saturated rings. The predicted octanol–water partition coefficient (Wildman–Crippen LogP) is -1.35. The summed E-state index contributed by atoms with van der Waals surface area (Å²) >= 11 is 0. The maximum atomic E-state index is 5.46. The molecule has 1 rings (SSSR count). The standard InChI is InChI=1S/C9H11B3N3/c1-6-8-9-12-14(4)10-13(3)11(7-2)15(12)5/h1-2H,3-5H3. The van der Waals surface area contributed by atoms with Gasteiger partial charge in [0.1, 0.15) is 0 Å². The van der Waals surface area contributed by atoms with E-state index in [1.54, 1.807) is 0 Å². The minimum absolute atomic E-state index is 0.0710. The summed E-state index contributed by atoms with van der Waals surface area (Å²) in [6.07, 6.45) is 10.6. The first-order valence-electron chi connectivity index (χ1n) is 4.55. The summed E-state index contributed by atoms with van der Waals surface area (Å²) in [6, 6.07) is 0. The third-order valence-corrected chi connectivity index (χ3v) is 2.33. The molecule has 1 aliphatic heterocycles. The molecule has 1 aliphatic rings. The Hall–Kier alpha value is -1.25. The summed E-state index contributed by atoms with van der Waals surface area (Å²) < 4.78 is 5.91. The Morgan fingerprint density at radius 1 is 1.07 bits per heavy atom. The van der Waals surface area contributed by atoms with Gasteiger partial charge in [-0.3, -0.25) is 0 Å². The maximum absolute atomic E-state index is 5.46. The van der Waals surface area contributed by atoms with Gasteiger partial charge >= 0.3 is 14.0 Å². The van der Waals surface area contributed by atoms with Crippen molar-refractivity contribution in [2.75, 3.05) is 21.1 Å². The van der Waals surface area contributed by atoms with Gasteiger partial charge in [0.2, 0.25) is 0 Å². The lowest BCUT2D eigenvalue weighted by Crippen LogP contribution is -2.69. The Labute approximate surface area is 93.7 Å². The molecule has 71 valence electrons. The molecule has 0 amide bonds. The van der Waals surface area contributed by atoms with Crippen LogP contribution in [0, 0.1) is 36.3 Å². The molecule has 0 saturated carbocycles. The second-order valence-electron chi connectivity index (χ2n) is 3.44. The number of hydrogen-bond donors (Lipinski definition) is 0. The zero-order valence-corrected chi connectivity index (χ0v) is 9.23. The van der Waals surface area contributed by atoms with Crippen LogP contribution in [-0.4, -0.2) is 56.8 Å². The van der Waals surface area contributed by atoms with Crippen LogP contribution in [0.5, 0.6) is 0 Å². The molecule has 15 heavy (non-hydrogen) atoms. The fourth-order valence-corrected chi connectivity index (χ4v) is 1.67. The normalized spacial score (nSPS) is 18.5. The summed E-state index contributed by atoms with van der Waals surface area (Å²) in [5.41, 5.74) is 0. The van der Waals surface area contributed by atoms with E-state index in [-0.39, 0.29) is 14.0 Å². The Kier molecular flexibility index (Phi) is 3.95. The molecular formula is C9H11B3N3. The lowest BCUT2D eigenvalue weighted by molar-refractivity contribution is 0.575. The quantitative estimate of drug-likeness (QED) is 0.348. The van der Waals surface area contributed by atoms with Crippen molar-refractivity contribution in [1.29, 1.82) is 0 Å². The molecule has 1 heterocycles. The molecule has 1 radical (unpaired) electrons. The van der Waals surface area contributed by atoms with Gasteiger partial charge in [-0.05, 0) is 33.0 Å². The number of nitrogens with zero attached hydrogens (tertiary/aromatic N) is 3. The zero-order chi connectivity index (χ0) is 11.4. The van der Waals surface area contributed by atoms with Gasteiger partial charge in [0.15, 0.2) is 0 Å². The van der Waals surface area contributed by atoms with E-state index in [0.717, 1.165) is 0 Å². The van der Waals surface area contributed by atoms with Crippen LogP contribution in [0.4, 0.5) is 0 Å². The lowest BCUT2D eigenvalue weighted by Gasteiger charge is -2.41. The molecule has 3 nitrogen and oxygen atoms in total. The van der Waals surface area contributed by atoms with Crippen LogP contribution in [0.25, 0.3) is 0 Å². The van der Waals surface area contributed by atoms with E-state index in [1.165, 1.54) is 0 Å². The minimum atomic E-state index is -0.0849. The Balaban J connectivity index is 2.89. The average molecular weight is 194 g/mol. The largest absolute Gasteiger partial charge is 0.380 e. The Morgan fingerprint density at radius 2 is 1.67 bits per heavy atom. The van der Waals surface area contributed by atoms with Crippen molar-refractivity contribution < 1.29 is 0 Å². The van der Waals surface area contributed by atoms with Crippen LogP contribution in [0.15, 0.2) is 0 Å². The highest BCUT2D eigenvalue weighted by atomic mass is 15.3. The minimum Gasteiger partial charge on any atom is -0.352 e. The topological polar surface area (TPSA) is 9.72 Å². The molecule has 1 saturated heterocycles. The average Bonchev–Trinajstić information content (AvgIpc) is 2.17. The van der Waals surface area contributed by atoms with E-state index in [2.05, 4.69) is 23.5 Å². The second-order valence-corrected chi connectivity index (χ2v) is 3.44. The third-order valence-electron chi connectivity index (χ3n) is 2.33. The molecule has 0 atom stereocenters. The number of terminal acetylenes is 2. The van der Waals surface area contributed by atoms with Crippen molar-refractivity contribution >= 4 is 21.5 Å². The highest BCUT2D eigenvalue weighted by Crippen LogP contribution is 2.07. The van der Waals surface area contributed by atoms with Gasteiger partial charge in [-0.25, -0.2) is 0 Å². The van der Waals surface area contributed by atoms with Gasteiger partial charge in [-0.15, -0.1) is 24.5 Å². The van der Waals surface area contributed by atoms with Crippen LogP contribution in [-0.2, 0) is 0 Å². The van der Waals surface area contributed by atoms with Crippen molar-refractivity contribution in [3.8, 4) is 36.3 Å². The molecule has 0 aromatic heterocycles. The van der Waals surface area contributed by atoms with Crippen LogP contribution in [0.2, 0.25) is 0 Å². The van der Waals surface area contributed by atoms with Crippen LogP contribution >= 0.6 is 0 Å². The van der Waals surface area contributed by atoms with Crippen molar-refractivity contribution in [2.24, 2.45) is 0 Å². The predicted molar refractivity (Wildman–Crippen MR) is 66.0 cm³/mol. The van der Waals surface area contributed by atoms with E-state index >= 15 is 0 Å². The van der Waals surface area contributed by atoms with E-state index in [4.69, 9.17) is 12.8 Å². The van der Waals surface area contributed by atoms with E-state index in [0.29, 0.717) is 0 Å². The second kappa shape index (κ2) is 5.01. The fourth-order valence-electron chi connectivity index (χ4n) is 1.67. The molecule has 0 aromatic carbocycles. The maximum Gasteiger partial charge on any atom is 0.380 e. The van der Waals surface area contributed by atoms with Gasteiger partial charge in [0.05, 0.1) is 0 Å². The van der Waals surface area contributed by atoms with Crippen molar-refractivity contribution in [1.82, 2.24) is 14.2 Å². The van der Waals surface area contributed by atoms with Crippen molar-refractivity contribution in [3.63, 3.8) is 0 Å². The summed E-state index contributed by atoms with van der Waals surface area (Å²) in [5.74, 6) is 10.6. The molecule has 0 aromatic rings. The molecule has 0 spiro atoms.